The molecule has 1 aromatic heterocycles. The number of hydrogen-bond acceptors (Lipinski definition) is 3. The lowest BCUT2D eigenvalue weighted by atomic mass is 9.94. The molecule has 2 unspecified atom stereocenters. The highest BCUT2D eigenvalue weighted by Gasteiger charge is 2.36. The van der Waals surface area contributed by atoms with E-state index in [9.17, 15) is 4.79 Å². The number of nitrogens with zero attached hydrogens (tertiary/aromatic N) is 1. The van der Waals surface area contributed by atoms with Crippen molar-refractivity contribution in [2.45, 2.75) is 18.9 Å². The number of carbonyl (C=O) groups is 1. The maximum Gasteiger partial charge on any atom is 0.264 e. The van der Waals surface area contributed by atoms with Gasteiger partial charge in [0.2, 0.25) is 0 Å². The Labute approximate surface area is 110 Å². The molecule has 2 fully saturated rings. The molecule has 1 aromatic rings. The second-order valence-electron chi connectivity index (χ2n) is 4.78. The number of thiophene rings is 1. The van der Waals surface area contributed by atoms with E-state index in [1.807, 2.05) is 11.0 Å². The molecule has 0 saturated carbocycles. The van der Waals surface area contributed by atoms with Crippen LogP contribution in [0.5, 0.6) is 0 Å². The lowest BCUT2D eigenvalue weighted by Crippen LogP contribution is -2.41. The lowest BCUT2D eigenvalue weighted by Gasteiger charge is -2.24. The van der Waals surface area contributed by atoms with Gasteiger partial charge in [0.05, 0.1) is 9.21 Å². The molecule has 0 bridgehead atoms. The zero-order chi connectivity index (χ0) is 11.8. The average molecular weight is 271 g/mol. The zero-order valence-electron chi connectivity index (χ0n) is 9.49. The molecule has 92 valence electrons. The first-order valence-corrected chi connectivity index (χ1v) is 7.21. The topological polar surface area (TPSA) is 32.3 Å². The summed E-state index contributed by atoms with van der Waals surface area (Å²) in [7, 11) is 0. The van der Waals surface area contributed by atoms with Crippen molar-refractivity contribution < 1.29 is 4.79 Å². The first kappa shape index (κ1) is 11.5. The molecule has 5 heteroatoms. The number of amides is 1. The Balaban J connectivity index is 1.71. The van der Waals surface area contributed by atoms with E-state index in [1.54, 1.807) is 6.07 Å². The number of nitrogens with one attached hydrogen (secondary N) is 1. The smallest absolute Gasteiger partial charge is 0.264 e. The van der Waals surface area contributed by atoms with Crippen LogP contribution in [0.4, 0.5) is 0 Å². The van der Waals surface area contributed by atoms with Crippen LogP contribution in [0.25, 0.3) is 0 Å². The number of rotatable bonds is 1. The number of piperidine rings is 1. The van der Waals surface area contributed by atoms with Gasteiger partial charge in [0.25, 0.3) is 5.91 Å². The fraction of sp³-hybridized carbons (Fsp3) is 0.583. The molecule has 1 amide bonds. The van der Waals surface area contributed by atoms with Gasteiger partial charge in [-0.05, 0) is 37.4 Å². The van der Waals surface area contributed by atoms with Crippen molar-refractivity contribution in [3.8, 4) is 0 Å². The summed E-state index contributed by atoms with van der Waals surface area (Å²) < 4.78 is 0.683. The summed E-state index contributed by atoms with van der Waals surface area (Å²) in [5.41, 5.74) is 0. The highest BCUT2D eigenvalue weighted by atomic mass is 35.5. The Hall–Kier alpha value is -0.580. The summed E-state index contributed by atoms with van der Waals surface area (Å²) in [5.74, 6) is 0.779. The molecule has 0 aliphatic carbocycles. The first-order chi connectivity index (χ1) is 8.24. The molecule has 3 rings (SSSR count). The zero-order valence-corrected chi connectivity index (χ0v) is 11.1. The summed E-state index contributed by atoms with van der Waals surface area (Å²) in [4.78, 5) is 15.0. The van der Waals surface area contributed by atoms with Gasteiger partial charge in [0, 0.05) is 19.1 Å². The van der Waals surface area contributed by atoms with Crippen LogP contribution in [0, 0.1) is 5.92 Å². The molecule has 0 spiro atoms. The molecule has 2 aliphatic heterocycles. The maximum absolute atomic E-state index is 12.3. The van der Waals surface area contributed by atoms with Gasteiger partial charge in [-0.25, -0.2) is 0 Å². The normalized spacial score (nSPS) is 28.2. The Bertz CT molecular complexity index is 420. The van der Waals surface area contributed by atoms with Crippen LogP contribution < -0.4 is 5.32 Å². The average Bonchev–Trinajstić information content (AvgIpc) is 2.93. The van der Waals surface area contributed by atoms with Crippen molar-refractivity contribution in [1.29, 1.82) is 0 Å². The van der Waals surface area contributed by atoms with E-state index < -0.39 is 0 Å². The third kappa shape index (κ3) is 2.21. The van der Waals surface area contributed by atoms with E-state index in [1.165, 1.54) is 24.2 Å². The third-order valence-electron chi connectivity index (χ3n) is 3.67. The Morgan fingerprint density at radius 2 is 2.35 bits per heavy atom. The molecule has 3 nitrogen and oxygen atoms in total. The molecule has 1 N–H and O–H groups in total. The van der Waals surface area contributed by atoms with E-state index >= 15 is 0 Å². The monoisotopic (exact) mass is 270 g/mol. The van der Waals surface area contributed by atoms with E-state index in [2.05, 4.69) is 5.32 Å². The number of likely N-dealkylation sites (tertiary alicyclic amines) is 1. The largest absolute Gasteiger partial charge is 0.336 e. The van der Waals surface area contributed by atoms with Crippen LogP contribution >= 0.6 is 22.9 Å². The van der Waals surface area contributed by atoms with Crippen molar-refractivity contribution in [3.05, 3.63) is 21.3 Å². The highest BCUT2D eigenvalue weighted by molar-refractivity contribution is 7.17. The molecule has 0 aromatic carbocycles. The molecular weight excluding hydrogens is 256 g/mol. The minimum atomic E-state index is 0.137. The second-order valence-corrected chi connectivity index (χ2v) is 6.49. The van der Waals surface area contributed by atoms with Gasteiger partial charge in [0.1, 0.15) is 0 Å². The fourth-order valence-electron chi connectivity index (χ4n) is 2.80. The second kappa shape index (κ2) is 4.59. The first-order valence-electron chi connectivity index (χ1n) is 6.02. The van der Waals surface area contributed by atoms with Gasteiger partial charge in [0.15, 0.2) is 0 Å². The number of hydrogen-bond donors (Lipinski definition) is 1. The summed E-state index contributed by atoms with van der Waals surface area (Å²) >= 11 is 7.24. The van der Waals surface area contributed by atoms with E-state index in [0.29, 0.717) is 16.3 Å². The minimum Gasteiger partial charge on any atom is -0.336 e. The third-order valence-corrected chi connectivity index (χ3v) is 4.89. The molecule has 3 heterocycles. The van der Waals surface area contributed by atoms with Gasteiger partial charge < -0.3 is 10.2 Å². The van der Waals surface area contributed by atoms with Crippen LogP contribution in [-0.4, -0.2) is 36.5 Å². The summed E-state index contributed by atoms with van der Waals surface area (Å²) in [6.07, 6.45) is 2.47. The molecule has 0 radical (unpaired) electrons. The van der Waals surface area contributed by atoms with Gasteiger partial charge >= 0.3 is 0 Å². The van der Waals surface area contributed by atoms with Gasteiger partial charge in [-0.2, -0.15) is 0 Å². The lowest BCUT2D eigenvalue weighted by molar-refractivity contribution is 0.0790. The summed E-state index contributed by atoms with van der Waals surface area (Å²) in [6, 6.07) is 4.12. The Kier molecular flexibility index (Phi) is 3.11. The van der Waals surface area contributed by atoms with E-state index in [-0.39, 0.29) is 5.91 Å². The van der Waals surface area contributed by atoms with Gasteiger partial charge in [-0.1, -0.05) is 11.6 Å². The van der Waals surface area contributed by atoms with Crippen LogP contribution in [0.1, 0.15) is 22.5 Å². The predicted molar refractivity (Wildman–Crippen MR) is 69.7 cm³/mol. The van der Waals surface area contributed by atoms with Crippen LogP contribution in [0.3, 0.4) is 0 Å². The number of fused-ring (bicyclic) bond motifs is 1. The number of halogens is 1. The summed E-state index contributed by atoms with van der Waals surface area (Å²) in [5, 5.41) is 3.51. The highest BCUT2D eigenvalue weighted by Crippen LogP contribution is 2.28. The Morgan fingerprint density at radius 1 is 1.47 bits per heavy atom. The summed E-state index contributed by atoms with van der Waals surface area (Å²) in [6.45, 7) is 2.83. The number of carbonyl (C=O) groups excluding carboxylic acids is 1. The molecule has 2 aliphatic rings. The van der Waals surface area contributed by atoms with Crippen molar-refractivity contribution >= 4 is 28.8 Å². The van der Waals surface area contributed by atoms with Crippen molar-refractivity contribution in [2.75, 3.05) is 19.6 Å². The van der Waals surface area contributed by atoms with Gasteiger partial charge in [-0.3, -0.25) is 4.79 Å². The van der Waals surface area contributed by atoms with Crippen LogP contribution in [0.15, 0.2) is 12.1 Å². The quantitative estimate of drug-likeness (QED) is 0.849. The SMILES string of the molecule is O=C(c1ccc(Cl)s1)N1CC2CCCNC2C1. The van der Waals surface area contributed by atoms with E-state index in [4.69, 9.17) is 11.6 Å². The predicted octanol–water partition coefficient (Wildman–Crippen LogP) is 2.23. The molecule has 2 atom stereocenters. The van der Waals surface area contributed by atoms with Crippen LogP contribution in [0.2, 0.25) is 4.34 Å². The minimum absolute atomic E-state index is 0.137. The molecular formula is C12H15ClN2OS. The van der Waals surface area contributed by atoms with Crippen molar-refractivity contribution in [2.24, 2.45) is 5.92 Å². The van der Waals surface area contributed by atoms with Crippen molar-refractivity contribution in [3.63, 3.8) is 0 Å². The van der Waals surface area contributed by atoms with E-state index in [0.717, 1.165) is 24.5 Å². The van der Waals surface area contributed by atoms with Gasteiger partial charge in [-0.15, -0.1) is 11.3 Å². The fourth-order valence-corrected chi connectivity index (χ4v) is 3.81. The molecule has 2 saturated heterocycles. The van der Waals surface area contributed by atoms with Crippen LogP contribution in [-0.2, 0) is 0 Å². The van der Waals surface area contributed by atoms with Crippen molar-refractivity contribution in [1.82, 2.24) is 10.2 Å². The maximum atomic E-state index is 12.3. The standard InChI is InChI=1S/C12H15ClN2OS/c13-11-4-3-10(17-11)12(16)15-6-8-2-1-5-14-9(8)7-15/h3-4,8-9,14H,1-2,5-7H2. The Morgan fingerprint density at radius 3 is 3.06 bits per heavy atom. The molecule has 17 heavy (non-hydrogen) atoms.